The maximum atomic E-state index is 13.1. The molecular weight excluding hydrogens is 430 g/mol. The van der Waals surface area contributed by atoms with Gasteiger partial charge >= 0.3 is 0 Å². The number of anilines is 1. The summed E-state index contributed by atoms with van der Waals surface area (Å²) in [5.74, 6) is -0.0752. The maximum Gasteiger partial charge on any atom is 0.245 e. The molecule has 1 aliphatic carbocycles. The van der Waals surface area contributed by atoms with Crippen molar-refractivity contribution in [1.82, 2.24) is 15.1 Å². The molecule has 3 rings (SSSR count). The van der Waals surface area contributed by atoms with Gasteiger partial charge in [0.05, 0.1) is 6.04 Å². The summed E-state index contributed by atoms with van der Waals surface area (Å²) in [7, 11) is 2.04. The highest BCUT2D eigenvalue weighted by Gasteiger charge is 2.28. The second kappa shape index (κ2) is 12.9. The summed E-state index contributed by atoms with van der Waals surface area (Å²) in [5.41, 5.74) is 7.90. The molecule has 0 aromatic heterocycles. The lowest BCUT2D eigenvalue weighted by Crippen LogP contribution is -2.54. The van der Waals surface area contributed by atoms with Crippen LogP contribution in [0.1, 0.15) is 57.4 Å². The minimum Gasteiger partial charge on any atom is -0.344 e. The van der Waals surface area contributed by atoms with E-state index in [0.717, 1.165) is 44.3 Å². The van der Waals surface area contributed by atoms with E-state index in [0.29, 0.717) is 31.6 Å². The van der Waals surface area contributed by atoms with Crippen LogP contribution in [-0.4, -0.2) is 72.8 Å². The van der Waals surface area contributed by atoms with Crippen molar-refractivity contribution in [2.75, 3.05) is 38.5 Å². The Morgan fingerprint density at radius 1 is 1.00 bits per heavy atom. The van der Waals surface area contributed by atoms with E-state index < -0.39 is 12.1 Å². The fraction of sp³-hybridized carbons (Fsp3) is 0.654. The third-order valence-electron chi connectivity index (χ3n) is 7.14. The van der Waals surface area contributed by atoms with Crippen LogP contribution in [0.5, 0.6) is 0 Å². The van der Waals surface area contributed by atoms with Crippen LogP contribution in [0.3, 0.4) is 0 Å². The van der Waals surface area contributed by atoms with E-state index in [2.05, 4.69) is 15.5 Å². The van der Waals surface area contributed by atoms with Crippen LogP contribution in [0.4, 0.5) is 5.69 Å². The largest absolute Gasteiger partial charge is 0.344 e. The zero-order chi connectivity index (χ0) is 24.5. The summed E-state index contributed by atoms with van der Waals surface area (Å²) >= 11 is 0. The Morgan fingerprint density at radius 3 is 2.21 bits per heavy atom. The Bertz CT molecular complexity index is 812. The van der Waals surface area contributed by atoms with Crippen LogP contribution >= 0.6 is 0 Å². The number of amides is 3. The lowest BCUT2D eigenvalue weighted by molar-refractivity contribution is -0.137. The molecule has 1 aromatic rings. The quantitative estimate of drug-likeness (QED) is 0.504. The molecule has 0 unspecified atom stereocenters. The summed E-state index contributed by atoms with van der Waals surface area (Å²) < 4.78 is 0. The summed E-state index contributed by atoms with van der Waals surface area (Å²) in [6, 6.07) is 6.38. The fourth-order valence-electron chi connectivity index (χ4n) is 4.81. The smallest absolute Gasteiger partial charge is 0.245 e. The van der Waals surface area contributed by atoms with E-state index >= 15 is 0 Å². The van der Waals surface area contributed by atoms with E-state index in [9.17, 15) is 14.4 Å². The highest BCUT2D eigenvalue weighted by Crippen LogP contribution is 2.25. The molecule has 1 saturated carbocycles. The number of likely N-dealkylation sites (N-methyl/N-ethyl adjacent to an activating group) is 1. The zero-order valence-electron chi connectivity index (χ0n) is 20.7. The van der Waals surface area contributed by atoms with E-state index in [1.54, 1.807) is 6.92 Å². The molecule has 1 saturated heterocycles. The number of hydrogen-bond acceptors (Lipinski definition) is 5. The van der Waals surface area contributed by atoms with E-state index in [1.165, 1.54) is 12.8 Å². The van der Waals surface area contributed by atoms with Crippen molar-refractivity contribution >= 4 is 23.4 Å². The second-order valence-electron chi connectivity index (χ2n) is 9.77. The van der Waals surface area contributed by atoms with Crippen LogP contribution in [0.25, 0.3) is 0 Å². The minimum absolute atomic E-state index is 0.0401. The van der Waals surface area contributed by atoms with Crippen LogP contribution in [0.15, 0.2) is 24.3 Å². The van der Waals surface area contributed by atoms with Crippen LogP contribution < -0.4 is 16.4 Å². The molecule has 2 aliphatic rings. The van der Waals surface area contributed by atoms with Crippen molar-refractivity contribution < 1.29 is 14.4 Å². The first kappa shape index (κ1) is 26.2. The van der Waals surface area contributed by atoms with Crippen molar-refractivity contribution in [1.29, 1.82) is 0 Å². The van der Waals surface area contributed by atoms with E-state index in [4.69, 9.17) is 5.73 Å². The number of nitrogens with zero attached hydrogens (tertiary/aromatic N) is 2. The molecule has 34 heavy (non-hydrogen) atoms. The van der Waals surface area contributed by atoms with Crippen molar-refractivity contribution in [2.45, 2.75) is 70.4 Å². The molecule has 8 nitrogen and oxygen atoms in total. The number of hydrogen-bond donors (Lipinski definition) is 3. The number of carbonyl (C=O) groups is 3. The topological polar surface area (TPSA) is 108 Å². The van der Waals surface area contributed by atoms with E-state index in [1.807, 2.05) is 36.2 Å². The first-order valence-electron chi connectivity index (χ1n) is 12.8. The lowest BCUT2D eigenvalue weighted by atomic mass is 9.92. The lowest BCUT2D eigenvalue weighted by Gasteiger charge is -2.34. The number of rotatable bonds is 8. The minimum atomic E-state index is -0.597. The summed E-state index contributed by atoms with van der Waals surface area (Å²) in [5, 5.41) is 5.84. The predicted octanol–water partition coefficient (Wildman–Crippen LogP) is 2.13. The molecule has 1 aromatic carbocycles. The van der Waals surface area contributed by atoms with E-state index in [-0.39, 0.29) is 23.6 Å². The van der Waals surface area contributed by atoms with Gasteiger partial charge in [0.15, 0.2) is 0 Å². The van der Waals surface area contributed by atoms with Crippen LogP contribution in [-0.2, 0) is 20.8 Å². The number of nitrogens with two attached hydrogens (primary N) is 1. The van der Waals surface area contributed by atoms with Crippen LogP contribution in [0.2, 0.25) is 0 Å². The van der Waals surface area contributed by atoms with Crippen LogP contribution in [0, 0.1) is 5.92 Å². The average molecular weight is 472 g/mol. The first-order chi connectivity index (χ1) is 16.4. The maximum absolute atomic E-state index is 13.1. The van der Waals surface area contributed by atoms with Crippen molar-refractivity contribution in [3.63, 3.8) is 0 Å². The molecule has 4 N–H and O–H groups in total. The Labute approximate surface area is 203 Å². The molecule has 1 heterocycles. The molecule has 2 atom stereocenters. The van der Waals surface area contributed by atoms with Crippen molar-refractivity contribution in [3.8, 4) is 0 Å². The zero-order valence-corrected chi connectivity index (χ0v) is 20.7. The van der Waals surface area contributed by atoms with Crippen molar-refractivity contribution in [2.24, 2.45) is 11.7 Å². The molecular formula is C26H41N5O3. The third kappa shape index (κ3) is 7.53. The molecule has 3 amide bonds. The number of benzene rings is 1. The number of nitrogens with one attached hydrogen (secondary N) is 2. The highest BCUT2D eigenvalue weighted by atomic mass is 16.2. The Balaban J connectivity index is 1.60. The van der Waals surface area contributed by atoms with Gasteiger partial charge in [0.1, 0.15) is 6.04 Å². The first-order valence-corrected chi connectivity index (χ1v) is 12.8. The summed E-state index contributed by atoms with van der Waals surface area (Å²) in [4.78, 5) is 42.0. The SMILES string of the molecule is CCC(=O)N[C@H](Cc1ccc(NC(=O)[C@@H](N)C2CCCCCC2)cc1)C(=O)N1CCN(C)CC1. The average Bonchev–Trinajstić information content (AvgIpc) is 3.14. The summed E-state index contributed by atoms with van der Waals surface area (Å²) in [6.45, 7) is 4.78. The second-order valence-corrected chi connectivity index (χ2v) is 9.77. The number of piperazine rings is 1. The molecule has 0 bridgehead atoms. The Kier molecular flexibility index (Phi) is 9.89. The Hall–Kier alpha value is -2.45. The molecule has 0 spiro atoms. The number of carbonyl (C=O) groups excluding carboxylic acids is 3. The normalized spacial score (nSPS) is 19.7. The van der Waals surface area contributed by atoms with Crippen molar-refractivity contribution in [3.05, 3.63) is 29.8 Å². The molecule has 8 heteroatoms. The third-order valence-corrected chi connectivity index (χ3v) is 7.14. The van der Waals surface area contributed by atoms with Gasteiger partial charge in [0.25, 0.3) is 0 Å². The van der Waals surface area contributed by atoms with Gasteiger partial charge < -0.3 is 26.2 Å². The highest BCUT2D eigenvalue weighted by molar-refractivity contribution is 5.95. The van der Waals surface area contributed by atoms with Gasteiger partial charge in [-0.25, -0.2) is 0 Å². The van der Waals surface area contributed by atoms with Gasteiger partial charge in [-0.15, -0.1) is 0 Å². The van der Waals surface area contributed by atoms with Gasteiger partial charge in [-0.05, 0) is 43.5 Å². The molecule has 1 aliphatic heterocycles. The van der Waals surface area contributed by atoms with Gasteiger partial charge in [0.2, 0.25) is 17.7 Å². The molecule has 0 radical (unpaired) electrons. The monoisotopic (exact) mass is 471 g/mol. The van der Waals surface area contributed by atoms with Gasteiger partial charge in [0, 0.05) is 44.7 Å². The Morgan fingerprint density at radius 2 is 1.62 bits per heavy atom. The molecule has 188 valence electrons. The fourth-order valence-corrected chi connectivity index (χ4v) is 4.81. The van der Waals surface area contributed by atoms with Gasteiger partial charge in [-0.3, -0.25) is 14.4 Å². The predicted molar refractivity (Wildman–Crippen MR) is 134 cm³/mol. The van der Waals surface area contributed by atoms with Gasteiger partial charge in [-0.2, -0.15) is 0 Å². The van der Waals surface area contributed by atoms with Gasteiger partial charge in [-0.1, -0.05) is 44.7 Å². The molecule has 2 fully saturated rings. The summed E-state index contributed by atoms with van der Waals surface area (Å²) in [6.07, 6.45) is 7.50. The standard InChI is InChI=1S/C26H41N5O3/c1-3-23(32)29-22(26(34)31-16-14-30(2)15-17-31)18-19-10-12-21(13-11-19)28-25(33)24(27)20-8-6-4-5-7-9-20/h10-13,20,22,24H,3-9,14-18,27H2,1-2H3,(H,28,33)(H,29,32)/t22-,24+/m1/s1.